The molecule has 0 saturated heterocycles. The summed E-state index contributed by atoms with van der Waals surface area (Å²) in [5.41, 5.74) is 2.09. The Morgan fingerprint density at radius 2 is 2.32 bits per heavy atom. The van der Waals surface area contributed by atoms with E-state index in [1.165, 1.54) is 0 Å². The maximum Gasteiger partial charge on any atom is 0.119 e. The zero-order valence-corrected chi connectivity index (χ0v) is 11.2. The summed E-state index contributed by atoms with van der Waals surface area (Å²) >= 11 is 0. The number of rotatable bonds is 6. The fourth-order valence-corrected chi connectivity index (χ4v) is 1.88. The van der Waals surface area contributed by atoms with Crippen molar-refractivity contribution in [1.29, 1.82) is 0 Å². The molecule has 0 aliphatic heterocycles. The van der Waals surface area contributed by atoms with E-state index in [2.05, 4.69) is 10.4 Å². The molecule has 2 rings (SSSR count). The van der Waals surface area contributed by atoms with Gasteiger partial charge in [-0.2, -0.15) is 5.10 Å². The number of ether oxygens (including phenoxy) is 1. The summed E-state index contributed by atoms with van der Waals surface area (Å²) in [5, 5.41) is 17.2. The summed E-state index contributed by atoms with van der Waals surface area (Å²) in [6.45, 7) is 2.97. The van der Waals surface area contributed by atoms with Crippen molar-refractivity contribution < 1.29 is 9.84 Å². The highest BCUT2D eigenvalue weighted by atomic mass is 16.5. The van der Waals surface area contributed by atoms with Crippen molar-refractivity contribution in [2.45, 2.75) is 19.6 Å². The van der Waals surface area contributed by atoms with E-state index in [0.29, 0.717) is 13.1 Å². The first-order valence-electron chi connectivity index (χ1n) is 6.23. The maximum atomic E-state index is 9.93. The molecule has 5 nitrogen and oxygen atoms in total. The lowest BCUT2D eigenvalue weighted by Gasteiger charge is -2.15. The van der Waals surface area contributed by atoms with Crippen LogP contribution in [-0.4, -0.2) is 34.6 Å². The highest BCUT2D eigenvalue weighted by Crippen LogP contribution is 2.20. The van der Waals surface area contributed by atoms with Crippen LogP contribution >= 0.6 is 0 Å². The molecule has 2 N–H and O–H groups in total. The van der Waals surface area contributed by atoms with E-state index in [-0.39, 0.29) is 0 Å². The predicted molar refractivity (Wildman–Crippen MR) is 74.5 cm³/mol. The Morgan fingerprint density at radius 3 is 2.95 bits per heavy atom. The van der Waals surface area contributed by atoms with Crippen LogP contribution < -0.4 is 10.1 Å². The molecule has 102 valence electrons. The summed E-state index contributed by atoms with van der Waals surface area (Å²) in [7, 11) is 1.65. The Hall–Kier alpha value is -2.01. The third-order valence-corrected chi connectivity index (χ3v) is 2.92. The minimum atomic E-state index is -0.485. The Labute approximate surface area is 112 Å². The summed E-state index contributed by atoms with van der Waals surface area (Å²) in [6.07, 6.45) is 3.05. The average Bonchev–Trinajstić information content (AvgIpc) is 2.90. The average molecular weight is 261 g/mol. The number of aromatic nitrogens is 2. The molecule has 0 spiro atoms. The molecule has 0 aliphatic carbocycles. The van der Waals surface area contributed by atoms with E-state index >= 15 is 0 Å². The number of nitrogens with one attached hydrogen (secondary N) is 1. The number of anilines is 1. The first-order chi connectivity index (χ1) is 9.19. The molecule has 0 amide bonds. The van der Waals surface area contributed by atoms with Crippen molar-refractivity contribution in [3.63, 3.8) is 0 Å². The second-order valence-electron chi connectivity index (χ2n) is 4.44. The van der Waals surface area contributed by atoms with Gasteiger partial charge in [-0.3, -0.25) is 4.68 Å². The Balaban J connectivity index is 1.88. The number of hydrogen-bond acceptors (Lipinski definition) is 4. The summed E-state index contributed by atoms with van der Waals surface area (Å²) in [6, 6.07) is 7.65. The van der Waals surface area contributed by atoms with Crippen molar-refractivity contribution in [2.24, 2.45) is 0 Å². The number of nitrogens with zero attached hydrogens (tertiary/aromatic N) is 2. The van der Waals surface area contributed by atoms with Gasteiger partial charge in [0.25, 0.3) is 0 Å². The second-order valence-corrected chi connectivity index (χ2v) is 4.44. The van der Waals surface area contributed by atoms with E-state index < -0.39 is 6.10 Å². The lowest BCUT2D eigenvalue weighted by molar-refractivity contribution is 0.161. The largest absolute Gasteiger partial charge is 0.497 e. The van der Waals surface area contributed by atoms with Crippen LogP contribution in [0.3, 0.4) is 0 Å². The molecular weight excluding hydrogens is 242 g/mol. The smallest absolute Gasteiger partial charge is 0.119 e. The van der Waals surface area contributed by atoms with E-state index in [9.17, 15) is 5.11 Å². The van der Waals surface area contributed by atoms with Gasteiger partial charge in [-0.15, -0.1) is 0 Å². The summed E-state index contributed by atoms with van der Waals surface area (Å²) < 4.78 is 6.87. The standard InChI is InChI=1S/C14H19N3O2/c1-11-8-13(19-2)4-5-14(11)15-9-12(18)10-17-7-3-6-16-17/h3-8,12,15,18H,9-10H2,1-2H3. The fraction of sp³-hybridized carbons (Fsp3) is 0.357. The lowest BCUT2D eigenvalue weighted by Crippen LogP contribution is -2.25. The number of methoxy groups -OCH3 is 1. The van der Waals surface area contributed by atoms with Crippen LogP contribution in [0.15, 0.2) is 36.7 Å². The molecular formula is C14H19N3O2. The van der Waals surface area contributed by atoms with Crippen LogP contribution in [0.2, 0.25) is 0 Å². The minimum absolute atomic E-state index is 0.479. The topological polar surface area (TPSA) is 59.3 Å². The number of aliphatic hydroxyl groups excluding tert-OH is 1. The van der Waals surface area contributed by atoms with Gasteiger partial charge in [0.1, 0.15) is 5.75 Å². The molecule has 0 fully saturated rings. The normalized spacial score (nSPS) is 12.2. The highest BCUT2D eigenvalue weighted by molar-refractivity contribution is 5.53. The highest BCUT2D eigenvalue weighted by Gasteiger charge is 2.06. The van der Waals surface area contributed by atoms with Crippen LogP contribution in [0.1, 0.15) is 5.56 Å². The monoisotopic (exact) mass is 261 g/mol. The minimum Gasteiger partial charge on any atom is -0.497 e. The van der Waals surface area contributed by atoms with E-state index in [0.717, 1.165) is 17.0 Å². The van der Waals surface area contributed by atoms with Gasteiger partial charge in [-0.1, -0.05) is 0 Å². The molecule has 1 atom stereocenters. The van der Waals surface area contributed by atoms with E-state index in [1.807, 2.05) is 37.4 Å². The molecule has 0 aliphatic rings. The van der Waals surface area contributed by atoms with Crippen LogP contribution in [0.25, 0.3) is 0 Å². The molecule has 1 heterocycles. The first kappa shape index (κ1) is 13.4. The van der Waals surface area contributed by atoms with Crippen LogP contribution in [0.4, 0.5) is 5.69 Å². The van der Waals surface area contributed by atoms with Crippen molar-refractivity contribution in [3.8, 4) is 5.75 Å². The van der Waals surface area contributed by atoms with Crippen LogP contribution in [0, 0.1) is 6.92 Å². The van der Waals surface area contributed by atoms with Gasteiger partial charge < -0.3 is 15.2 Å². The Kier molecular flexibility index (Phi) is 4.41. The second kappa shape index (κ2) is 6.24. The Bertz CT molecular complexity index is 511. The number of hydrogen-bond donors (Lipinski definition) is 2. The third-order valence-electron chi connectivity index (χ3n) is 2.92. The Morgan fingerprint density at radius 1 is 1.47 bits per heavy atom. The van der Waals surface area contributed by atoms with Gasteiger partial charge in [0, 0.05) is 24.6 Å². The lowest BCUT2D eigenvalue weighted by atomic mass is 10.2. The van der Waals surface area contributed by atoms with Gasteiger partial charge in [-0.05, 0) is 36.8 Å². The van der Waals surface area contributed by atoms with Crippen LogP contribution in [-0.2, 0) is 6.54 Å². The molecule has 5 heteroatoms. The number of aryl methyl sites for hydroxylation is 1. The molecule has 0 bridgehead atoms. The van der Waals surface area contributed by atoms with Gasteiger partial charge >= 0.3 is 0 Å². The quantitative estimate of drug-likeness (QED) is 0.830. The van der Waals surface area contributed by atoms with Gasteiger partial charge in [0.15, 0.2) is 0 Å². The molecule has 1 aromatic carbocycles. The van der Waals surface area contributed by atoms with Gasteiger partial charge in [0.2, 0.25) is 0 Å². The molecule has 1 aromatic heterocycles. The van der Waals surface area contributed by atoms with Gasteiger partial charge in [-0.25, -0.2) is 0 Å². The molecule has 0 radical (unpaired) electrons. The molecule has 2 aromatic rings. The molecule has 19 heavy (non-hydrogen) atoms. The fourth-order valence-electron chi connectivity index (χ4n) is 1.88. The van der Waals surface area contributed by atoms with Crippen molar-refractivity contribution in [2.75, 3.05) is 19.0 Å². The molecule has 1 unspecified atom stereocenters. The van der Waals surface area contributed by atoms with Crippen molar-refractivity contribution >= 4 is 5.69 Å². The SMILES string of the molecule is COc1ccc(NCC(O)Cn2cccn2)c(C)c1. The predicted octanol–water partition coefficient (Wildman–Crippen LogP) is 1.67. The van der Waals surface area contributed by atoms with Crippen molar-refractivity contribution in [1.82, 2.24) is 9.78 Å². The van der Waals surface area contributed by atoms with Gasteiger partial charge in [0.05, 0.1) is 19.8 Å². The van der Waals surface area contributed by atoms with E-state index in [4.69, 9.17) is 4.74 Å². The van der Waals surface area contributed by atoms with Crippen LogP contribution in [0.5, 0.6) is 5.75 Å². The first-order valence-corrected chi connectivity index (χ1v) is 6.23. The zero-order valence-electron chi connectivity index (χ0n) is 11.2. The maximum absolute atomic E-state index is 9.93. The molecule has 0 saturated carbocycles. The zero-order chi connectivity index (χ0) is 13.7. The number of aliphatic hydroxyl groups is 1. The van der Waals surface area contributed by atoms with Crippen molar-refractivity contribution in [3.05, 3.63) is 42.2 Å². The summed E-state index contributed by atoms with van der Waals surface area (Å²) in [4.78, 5) is 0. The summed E-state index contributed by atoms with van der Waals surface area (Å²) in [5.74, 6) is 0.833. The number of benzene rings is 1. The van der Waals surface area contributed by atoms with E-state index in [1.54, 1.807) is 18.0 Å². The third kappa shape index (κ3) is 3.72.